The van der Waals surface area contributed by atoms with E-state index in [0.29, 0.717) is 22.6 Å². The minimum absolute atomic E-state index is 0.0552. The third-order valence-electron chi connectivity index (χ3n) is 3.55. The van der Waals surface area contributed by atoms with Gasteiger partial charge in [-0.2, -0.15) is 0 Å². The third-order valence-corrected chi connectivity index (χ3v) is 3.74. The molecule has 0 spiro atoms. The highest BCUT2D eigenvalue weighted by Gasteiger charge is 2.24. The van der Waals surface area contributed by atoms with Crippen LogP contribution in [-0.2, 0) is 0 Å². The van der Waals surface area contributed by atoms with E-state index in [1.807, 2.05) is 23.9 Å². The Bertz CT molecular complexity index is 476. The summed E-state index contributed by atoms with van der Waals surface area (Å²) < 4.78 is 0. The molecule has 5 heteroatoms. The summed E-state index contributed by atoms with van der Waals surface area (Å²) in [4.78, 5) is 20.5. The number of pyridine rings is 1. The van der Waals surface area contributed by atoms with Crippen LogP contribution in [0.5, 0.6) is 0 Å². The molecule has 0 saturated carbocycles. The summed E-state index contributed by atoms with van der Waals surface area (Å²) in [7, 11) is 3.77. The molecule has 0 aromatic carbocycles. The van der Waals surface area contributed by atoms with Crippen molar-refractivity contribution in [3.63, 3.8) is 0 Å². The molecule has 0 radical (unpaired) electrons. The van der Waals surface area contributed by atoms with Crippen LogP contribution >= 0.6 is 11.6 Å². The third kappa shape index (κ3) is 3.18. The smallest absolute Gasteiger partial charge is 0.254 e. The zero-order chi connectivity index (χ0) is 14.0. The first-order valence-electron chi connectivity index (χ1n) is 6.65. The summed E-state index contributed by atoms with van der Waals surface area (Å²) in [5, 5.41) is 0.360. The van der Waals surface area contributed by atoms with Crippen LogP contribution in [0.25, 0.3) is 0 Å². The van der Waals surface area contributed by atoms with Gasteiger partial charge in [-0.3, -0.25) is 4.79 Å². The molecule has 1 aromatic rings. The van der Waals surface area contributed by atoms with E-state index in [9.17, 15) is 4.79 Å². The number of anilines is 1. The van der Waals surface area contributed by atoms with E-state index >= 15 is 0 Å². The molecular formula is C14H20ClN3O. The van der Waals surface area contributed by atoms with Crippen molar-refractivity contribution in [2.75, 3.05) is 25.5 Å². The number of halogens is 1. The number of carbonyl (C=O) groups is 1. The number of amides is 1. The average molecular weight is 282 g/mol. The largest absolute Gasteiger partial charge is 0.363 e. The molecule has 1 aromatic heterocycles. The van der Waals surface area contributed by atoms with E-state index < -0.39 is 0 Å². The highest BCUT2D eigenvalue weighted by Crippen LogP contribution is 2.22. The van der Waals surface area contributed by atoms with Crippen LogP contribution in [0.2, 0.25) is 5.15 Å². The van der Waals surface area contributed by atoms with Gasteiger partial charge in [0.05, 0.1) is 0 Å². The monoisotopic (exact) mass is 281 g/mol. The molecule has 1 atom stereocenters. The van der Waals surface area contributed by atoms with Crippen molar-refractivity contribution in [2.24, 2.45) is 0 Å². The van der Waals surface area contributed by atoms with Gasteiger partial charge in [0.2, 0.25) is 0 Å². The molecule has 104 valence electrons. The van der Waals surface area contributed by atoms with Crippen molar-refractivity contribution >= 4 is 23.3 Å². The van der Waals surface area contributed by atoms with Crippen LogP contribution in [0.3, 0.4) is 0 Å². The van der Waals surface area contributed by atoms with Crippen molar-refractivity contribution in [1.82, 2.24) is 9.88 Å². The molecule has 1 fully saturated rings. The standard InChI is InChI=1S/C14H20ClN3O/c1-10-6-4-5-7-18(10)14(19)11-8-12(15)16-13(9-11)17(2)3/h8-10H,4-7H2,1-3H3. The van der Waals surface area contributed by atoms with Crippen molar-refractivity contribution < 1.29 is 4.79 Å². The van der Waals surface area contributed by atoms with Crippen LogP contribution in [0.1, 0.15) is 36.5 Å². The number of hydrogen-bond acceptors (Lipinski definition) is 3. The van der Waals surface area contributed by atoms with E-state index in [0.717, 1.165) is 19.4 Å². The highest BCUT2D eigenvalue weighted by atomic mass is 35.5. The second kappa shape index (κ2) is 5.78. The van der Waals surface area contributed by atoms with Crippen molar-refractivity contribution in [3.05, 3.63) is 22.8 Å². The molecule has 4 nitrogen and oxygen atoms in total. The van der Waals surface area contributed by atoms with Crippen LogP contribution in [0, 0.1) is 0 Å². The summed E-state index contributed by atoms with van der Waals surface area (Å²) in [6, 6.07) is 3.75. The second-order valence-electron chi connectivity index (χ2n) is 5.27. The number of carbonyl (C=O) groups excluding carboxylic acids is 1. The molecule has 0 bridgehead atoms. The van der Waals surface area contributed by atoms with Gasteiger partial charge in [-0.15, -0.1) is 0 Å². The van der Waals surface area contributed by atoms with Crippen molar-refractivity contribution in [3.8, 4) is 0 Å². The van der Waals surface area contributed by atoms with Crippen LogP contribution in [0.4, 0.5) is 5.82 Å². The number of hydrogen-bond donors (Lipinski definition) is 0. The molecule has 1 saturated heterocycles. The average Bonchev–Trinajstić information content (AvgIpc) is 2.37. The Morgan fingerprint density at radius 1 is 1.42 bits per heavy atom. The Hall–Kier alpha value is -1.29. The van der Waals surface area contributed by atoms with Gasteiger partial charge in [-0.25, -0.2) is 4.98 Å². The fourth-order valence-electron chi connectivity index (χ4n) is 2.40. The van der Waals surface area contributed by atoms with Crippen LogP contribution in [-0.4, -0.2) is 42.5 Å². The molecular weight excluding hydrogens is 262 g/mol. The van der Waals surface area contributed by atoms with Crippen molar-refractivity contribution in [1.29, 1.82) is 0 Å². The Labute approximate surface area is 119 Å². The van der Waals surface area contributed by atoms with Crippen LogP contribution < -0.4 is 4.90 Å². The minimum atomic E-state index is 0.0552. The molecule has 2 heterocycles. The van der Waals surface area contributed by atoms with Crippen molar-refractivity contribution in [2.45, 2.75) is 32.2 Å². The van der Waals surface area contributed by atoms with E-state index in [-0.39, 0.29) is 5.91 Å². The van der Waals surface area contributed by atoms with Gasteiger partial charge < -0.3 is 9.80 Å². The number of aromatic nitrogens is 1. The molecule has 19 heavy (non-hydrogen) atoms. The Kier molecular flexibility index (Phi) is 4.30. The molecule has 0 N–H and O–H groups in total. The number of likely N-dealkylation sites (tertiary alicyclic amines) is 1. The maximum Gasteiger partial charge on any atom is 0.254 e. The number of rotatable bonds is 2. The summed E-state index contributed by atoms with van der Waals surface area (Å²) in [5.41, 5.74) is 0.623. The SMILES string of the molecule is CC1CCCCN1C(=O)c1cc(Cl)nc(N(C)C)c1. The summed E-state index contributed by atoms with van der Waals surface area (Å²) >= 11 is 6.00. The quantitative estimate of drug-likeness (QED) is 0.782. The van der Waals surface area contributed by atoms with E-state index in [4.69, 9.17) is 11.6 Å². The van der Waals surface area contributed by atoms with Gasteiger partial charge in [0.25, 0.3) is 5.91 Å². The van der Waals surface area contributed by atoms with Gasteiger partial charge >= 0.3 is 0 Å². The van der Waals surface area contributed by atoms with Gasteiger partial charge in [-0.05, 0) is 38.3 Å². The Balaban J connectivity index is 2.27. The maximum absolute atomic E-state index is 12.6. The summed E-state index contributed by atoms with van der Waals surface area (Å²) in [5.74, 6) is 0.764. The maximum atomic E-state index is 12.6. The second-order valence-corrected chi connectivity index (χ2v) is 5.66. The number of piperidine rings is 1. The molecule has 0 aliphatic carbocycles. The predicted octanol–water partition coefficient (Wildman–Crippen LogP) is 2.82. The normalized spacial score (nSPS) is 19.4. The molecule has 1 aliphatic heterocycles. The first-order valence-corrected chi connectivity index (χ1v) is 7.02. The fourth-order valence-corrected chi connectivity index (χ4v) is 2.61. The predicted molar refractivity (Wildman–Crippen MR) is 77.9 cm³/mol. The van der Waals surface area contributed by atoms with E-state index in [1.54, 1.807) is 12.1 Å². The lowest BCUT2D eigenvalue weighted by molar-refractivity contribution is 0.0635. The zero-order valence-electron chi connectivity index (χ0n) is 11.7. The fraction of sp³-hybridized carbons (Fsp3) is 0.571. The lowest BCUT2D eigenvalue weighted by atomic mass is 10.0. The van der Waals surface area contributed by atoms with Gasteiger partial charge in [0, 0.05) is 32.2 Å². The number of nitrogens with zero attached hydrogens (tertiary/aromatic N) is 3. The lowest BCUT2D eigenvalue weighted by Crippen LogP contribution is -2.42. The molecule has 1 aliphatic rings. The minimum Gasteiger partial charge on any atom is -0.363 e. The van der Waals surface area contributed by atoms with Crippen LogP contribution in [0.15, 0.2) is 12.1 Å². The Morgan fingerprint density at radius 2 is 2.16 bits per heavy atom. The molecule has 2 rings (SSSR count). The van der Waals surface area contributed by atoms with Gasteiger partial charge in [-0.1, -0.05) is 11.6 Å². The summed E-state index contributed by atoms with van der Waals surface area (Å²) in [6.45, 7) is 2.93. The first-order chi connectivity index (χ1) is 8.99. The topological polar surface area (TPSA) is 36.4 Å². The van der Waals surface area contributed by atoms with Gasteiger partial charge in [0.1, 0.15) is 11.0 Å². The van der Waals surface area contributed by atoms with Gasteiger partial charge in [0.15, 0.2) is 0 Å². The summed E-state index contributed by atoms with van der Waals surface area (Å²) in [6.07, 6.45) is 3.35. The van der Waals surface area contributed by atoms with E-state index in [1.165, 1.54) is 6.42 Å². The highest BCUT2D eigenvalue weighted by molar-refractivity contribution is 6.29. The zero-order valence-corrected chi connectivity index (χ0v) is 12.4. The lowest BCUT2D eigenvalue weighted by Gasteiger charge is -2.33. The first kappa shape index (κ1) is 14.1. The molecule has 1 amide bonds. The Morgan fingerprint density at radius 3 is 2.79 bits per heavy atom. The van der Waals surface area contributed by atoms with E-state index in [2.05, 4.69) is 11.9 Å². The molecule has 1 unspecified atom stereocenters.